The zero-order valence-electron chi connectivity index (χ0n) is 15.9. The van der Waals surface area contributed by atoms with Gasteiger partial charge in [-0.3, -0.25) is 0 Å². The third-order valence-corrected chi connectivity index (χ3v) is 5.63. The lowest BCUT2D eigenvalue weighted by Crippen LogP contribution is -2.38. The van der Waals surface area contributed by atoms with Crippen molar-refractivity contribution in [3.05, 3.63) is 39.5 Å². The van der Waals surface area contributed by atoms with E-state index in [1.54, 1.807) is 6.92 Å². The van der Waals surface area contributed by atoms with Gasteiger partial charge in [0.05, 0.1) is 36.8 Å². The van der Waals surface area contributed by atoms with Crippen molar-refractivity contribution >= 4 is 33.4 Å². The molecule has 1 aliphatic heterocycles. The fourth-order valence-corrected chi connectivity index (χ4v) is 3.64. The molecular weight excluding hydrogens is 467 g/mol. The molecule has 30 heavy (non-hydrogen) atoms. The van der Waals surface area contributed by atoms with Crippen LogP contribution in [-0.4, -0.2) is 34.3 Å². The lowest BCUT2D eigenvalue weighted by Gasteiger charge is -2.28. The largest absolute Gasteiger partial charge is 0.417 e. The highest BCUT2D eigenvalue weighted by Gasteiger charge is 2.34. The van der Waals surface area contributed by atoms with Crippen LogP contribution < -0.4 is 10.6 Å². The number of nitrogens with one attached hydrogen (secondary N) is 2. The Kier molecular flexibility index (Phi) is 6.80. The molecule has 0 bridgehead atoms. The van der Waals surface area contributed by atoms with Gasteiger partial charge in [-0.15, -0.1) is 0 Å². The van der Waals surface area contributed by atoms with Crippen LogP contribution in [0.25, 0.3) is 0 Å². The number of nitrogens with zero attached hydrogens (tertiary/aromatic N) is 3. The summed E-state index contributed by atoms with van der Waals surface area (Å²) in [5.74, 6) is 0.295. The zero-order chi connectivity index (χ0) is 21.9. The van der Waals surface area contributed by atoms with E-state index in [9.17, 15) is 23.5 Å². The van der Waals surface area contributed by atoms with Crippen LogP contribution in [0.5, 0.6) is 0 Å². The van der Waals surface area contributed by atoms with Crippen molar-refractivity contribution in [3.63, 3.8) is 0 Å². The number of benzene rings is 1. The first-order chi connectivity index (χ1) is 14.2. The van der Waals surface area contributed by atoms with Crippen LogP contribution in [0.2, 0.25) is 0 Å². The fourth-order valence-electron chi connectivity index (χ4n) is 3.07. The van der Waals surface area contributed by atoms with Crippen LogP contribution in [-0.2, 0) is 17.5 Å². The number of aromatic nitrogens is 2. The average Bonchev–Trinajstić information content (AvgIpc) is 2.71. The predicted octanol–water partition coefficient (Wildman–Crippen LogP) is 4.14. The Morgan fingerprint density at radius 3 is 2.83 bits per heavy atom. The van der Waals surface area contributed by atoms with E-state index in [0.717, 1.165) is 6.07 Å². The summed E-state index contributed by atoms with van der Waals surface area (Å²) >= 11 is 2.90. The van der Waals surface area contributed by atoms with Crippen LogP contribution >= 0.6 is 15.9 Å². The molecule has 1 aliphatic rings. The van der Waals surface area contributed by atoms with Crippen LogP contribution in [0.1, 0.15) is 23.1 Å². The summed E-state index contributed by atoms with van der Waals surface area (Å²) in [5, 5.41) is 24.7. The van der Waals surface area contributed by atoms with Crippen molar-refractivity contribution in [2.45, 2.75) is 32.2 Å². The summed E-state index contributed by atoms with van der Waals surface area (Å²) in [4.78, 5) is 8.47. The number of halogens is 4. The van der Waals surface area contributed by atoms with Crippen molar-refractivity contribution in [1.29, 1.82) is 5.26 Å². The maximum absolute atomic E-state index is 13.3. The SMILES string of the molecule is Cc1cnc(Nc2cc(CO)c(Br)c(C(F)(F)F)c2)nc1NC1COCCC1C#N. The molecule has 1 aromatic heterocycles. The first kappa shape index (κ1) is 22.3. The number of ether oxygens (including phenoxy) is 1. The van der Waals surface area contributed by atoms with Gasteiger partial charge in [0.25, 0.3) is 0 Å². The molecule has 3 rings (SSSR count). The van der Waals surface area contributed by atoms with Gasteiger partial charge in [0.1, 0.15) is 5.82 Å². The smallest absolute Gasteiger partial charge is 0.392 e. The summed E-state index contributed by atoms with van der Waals surface area (Å²) < 4.78 is 45.2. The number of aryl methyl sites for hydroxylation is 1. The zero-order valence-corrected chi connectivity index (χ0v) is 17.5. The normalized spacial score (nSPS) is 19.2. The quantitative estimate of drug-likeness (QED) is 0.584. The number of hydrogen-bond donors (Lipinski definition) is 3. The van der Waals surface area contributed by atoms with Crippen LogP contribution in [0, 0.1) is 24.2 Å². The predicted molar refractivity (Wildman–Crippen MR) is 107 cm³/mol. The summed E-state index contributed by atoms with van der Waals surface area (Å²) in [6, 6.07) is 4.30. The van der Waals surface area contributed by atoms with Crippen LogP contribution in [0.4, 0.5) is 30.6 Å². The van der Waals surface area contributed by atoms with Crippen LogP contribution in [0.15, 0.2) is 22.8 Å². The fraction of sp³-hybridized carbons (Fsp3) is 0.421. The third-order valence-electron chi connectivity index (χ3n) is 4.70. The van der Waals surface area contributed by atoms with E-state index in [1.165, 1.54) is 12.3 Å². The minimum Gasteiger partial charge on any atom is -0.392 e. The molecule has 11 heteroatoms. The van der Waals surface area contributed by atoms with Gasteiger partial charge in [0.15, 0.2) is 0 Å². The minimum absolute atomic E-state index is 0.0765. The van der Waals surface area contributed by atoms with E-state index >= 15 is 0 Å². The molecule has 7 nitrogen and oxygen atoms in total. The van der Waals surface area contributed by atoms with Gasteiger partial charge in [0.2, 0.25) is 5.95 Å². The topological polar surface area (TPSA) is 103 Å². The van der Waals surface area contributed by atoms with Gasteiger partial charge >= 0.3 is 6.18 Å². The van der Waals surface area contributed by atoms with Gasteiger partial charge in [-0.1, -0.05) is 0 Å². The van der Waals surface area contributed by atoms with Gasteiger partial charge in [0, 0.05) is 28.5 Å². The Hall–Kier alpha value is -2.42. The molecule has 2 unspecified atom stereocenters. The highest BCUT2D eigenvalue weighted by Crippen LogP contribution is 2.39. The molecule has 2 atom stereocenters. The molecule has 0 spiro atoms. The molecule has 1 fully saturated rings. The van der Waals surface area contributed by atoms with Crippen LogP contribution in [0.3, 0.4) is 0 Å². The number of alkyl halides is 3. The van der Waals surface area contributed by atoms with E-state index in [4.69, 9.17) is 4.74 Å². The Balaban J connectivity index is 1.88. The summed E-state index contributed by atoms with van der Waals surface area (Å²) in [5.41, 5.74) is -0.0434. The molecule has 0 radical (unpaired) electrons. The van der Waals surface area contributed by atoms with Crippen molar-refractivity contribution in [2.75, 3.05) is 23.8 Å². The maximum atomic E-state index is 13.3. The van der Waals surface area contributed by atoms with Gasteiger partial charge in [-0.05, 0) is 47.0 Å². The molecule has 2 aromatic rings. The Bertz CT molecular complexity index is 964. The molecular formula is C19H19BrF3N5O2. The highest BCUT2D eigenvalue weighted by molar-refractivity contribution is 9.10. The number of rotatable bonds is 5. The van der Waals surface area contributed by atoms with Crippen molar-refractivity contribution < 1.29 is 23.0 Å². The summed E-state index contributed by atoms with van der Waals surface area (Å²) in [6.45, 7) is 2.08. The van der Waals surface area contributed by atoms with Gasteiger partial charge in [-0.2, -0.15) is 23.4 Å². The molecule has 160 valence electrons. The number of hydrogen-bond acceptors (Lipinski definition) is 7. The monoisotopic (exact) mass is 485 g/mol. The molecule has 1 saturated heterocycles. The molecule has 0 amide bonds. The van der Waals surface area contributed by atoms with E-state index in [-0.39, 0.29) is 33.6 Å². The molecule has 0 aliphatic carbocycles. The standard InChI is InChI=1S/C19H19BrF3N5O2/c1-10-7-25-18(28-17(10)27-15-9-30-3-2-11(15)6-24)26-13-4-12(8-29)16(20)14(5-13)19(21,22)23/h4-5,7,11,15,29H,2-3,8-9H2,1H3,(H2,25,26,27,28). The van der Waals surface area contributed by atoms with Crippen molar-refractivity contribution in [2.24, 2.45) is 5.92 Å². The van der Waals surface area contributed by atoms with E-state index in [0.29, 0.717) is 31.0 Å². The Morgan fingerprint density at radius 2 is 2.17 bits per heavy atom. The number of aliphatic hydroxyl groups is 1. The number of aliphatic hydroxyl groups excluding tert-OH is 1. The number of anilines is 3. The highest BCUT2D eigenvalue weighted by atomic mass is 79.9. The average molecular weight is 486 g/mol. The summed E-state index contributed by atoms with van der Waals surface area (Å²) in [7, 11) is 0. The third kappa shape index (κ3) is 5.00. The Labute approximate surface area is 179 Å². The summed E-state index contributed by atoms with van der Waals surface area (Å²) in [6.07, 6.45) is -2.47. The lowest BCUT2D eigenvalue weighted by molar-refractivity contribution is -0.138. The molecule has 2 heterocycles. The first-order valence-electron chi connectivity index (χ1n) is 9.08. The van der Waals surface area contributed by atoms with Gasteiger partial charge in [-0.25, -0.2) is 4.98 Å². The second kappa shape index (κ2) is 9.16. The van der Waals surface area contributed by atoms with Crippen molar-refractivity contribution in [3.8, 4) is 6.07 Å². The van der Waals surface area contributed by atoms with E-state index in [1.807, 2.05) is 0 Å². The Morgan fingerprint density at radius 1 is 1.40 bits per heavy atom. The maximum Gasteiger partial charge on any atom is 0.417 e. The van der Waals surface area contributed by atoms with Crippen molar-refractivity contribution in [1.82, 2.24) is 9.97 Å². The first-order valence-corrected chi connectivity index (χ1v) is 9.87. The molecule has 0 saturated carbocycles. The lowest BCUT2D eigenvalue weighted by atomic mass is 9.96. The number of nitriles is 1. The van der Waals surface area contributed by atoms with Gasteiger partial charge < -0.3 is 20.5 Å². The van der Waals surface area contributed by atoms with E-state index in [2.05, 4.69) is 42.6 Å². The second-order valence-corrected chi connectivity index (χ2v) is 7.65. The van der Waals surface area contributed by atoms with E-state index < -0.39 is 18.3 Å². The molecule has 3 N–H and O–H groups in total. The minimum atomic E-state index is -4.60. The molecule has 1 aromatic carbocycles. The second-order valence-electron chi connectivity index (χ2n) is 6.85.